The Labute approximate surface area is 152 Å². The SMILES string of the molecule is CC(C)(C)C(C(=O)O)N1C(=O)c2c(Cl)c(Cl)c(Cl)c(Cl)c2C1=O. The number of hydrogen-bond donors (Lipinski definition) is 1. The summed E-state index contributed by atoms with van der Waals surface area (Å²) in [6, 6.07) is -1.40. The van der Waals surface area contributed by atoms with Crippen molar-refractivity contribution in [3.63, 3.8) is 0 Å². The number of fused-ring (bicyclic) bond motifs is 1. The van der Waals surface area contributed by atoms with Gasteiger partial charge in [0.1, 0.15) is 6.04 Å². The Morgan fingerprint density at radius 2 is 1.26 bits per heavy atom. The lowest BCUT2D eigenvalue weighted by Gasteiger charge is -2.33. The van der Waals surface area contributed by atoms with Crippen molar-refractivity contribution in [3.05, 3.63) is 31.2 Å². The van der Waals surface area contributed by atoms with Gasteiger partial charge in [0.15, 0.2) is 0 Å². The van der Waals surface area contributed by atoms with Crippen LogP contribution in [0, 0.1) is 5.41 Å². The van der Waals surface area contributed by atoms with E-state index in [1.54, 1.807) is 20.8 Å². The van der Waals surface area contributed by atoms with Crippen molar-refractivity contribution in [2.75, 3.05) is 0 Å². The molecular formula is C14H11Cl4NO4. The Kier molecular flexibility index (Phi) is 4.63. The molecule has 2 rings (SSSR count). The van der Waals surface area contributed by atoms with Crippen molar-refractivity contribution in [2.45, 2.75) is 26.8 Å². The monoisotopic (exact) mass is 397 g/mol. The molecule has 1 N–H and O–H groups in total. The second-order valence-electron chi connectivity index (χ2n) is 6.09. The maximum atomic E-state index is 12.6. The zero-order valence-corrected chi connectivity index (χ0v) is 15.2. The highest BCUT2D eigenvalue weighted by Crippen LogP contribution is 2.46. The minimum Gasteiger partial charge on any atom is -0.480 e. The quantitative estimate of drug-likeness (QED) is 0.455. The van der Waals surface area contributed by atoms with Gasteiger partial charge >= 0.3 is 5.97 Å². The summed E-state index contributed by atoms with van der Waals surface area (Å²) in [5, 5.41) is 8.69. The number of halogens is 4. The molecule has 1 aliphatic heterocycles. The molecule has 1 unspecified atom stereocenters. The molecular weight excluding hydrogens is 388 g/mol. The van der Waals surface area contributed by atoms with Gasteiger partial charge in [0.05, 0.1) is 31.2 Å². The smallest absolute Gasteiger partial charge is 0.327 e. The Morgan fingerprint density at radius 3 is 1.52 bits per heavy atom. The standard InChI is InChI=1S/C14H11Cl4NO4/c1-14(2,3)10(13(22)23)19-11(20)4-5(12(19)21)7(16)9(18)8(17)6(4)15/h10H,1-3H3,(H,22,23). The van der Waals surface area contributed by atoms with E-state index in [1.807, 2.05) is 0 Å². The average Bonchev–Trinajstić information content (AvgIpc) is 2.66. The third kappa shape index (κ3) is 2.70. The predicted molar refractivity (Wildman–Crippen MR) is 87.9 cm³/mol. The molecule has 0 saturated heterocycles. The van der Waals surface area contributed by atoms with E-state index in [0.717, 1.165) is 0 Å². The van der Waals surface area contributed by atoms with Crippen molar-refractivity contribution < 1.29 is 19.5 Å². The van der Waals surface area contributed by atoms with Crippen molar-refractivity contribution in [2.24, 2.45) is 5.41 Å². The van der Waals surface area contributed by atoms with E-state index in [-0.39, 0.29) is 31.2 Å². The molecule has 5 nitrogen and oxygen atoms in total. The Bertz CT molecular complexity index is 707. The summed E-state index contributed by atoms with van der Waals surface area (Å²) in [6.07, 6.45) is 0. The molecule has 1 atom stereocenters. The largest absolute Gasteiger partial charge is 0.480 e. The van der Waals surface area contributed by atoms with Crippen molar-refractivity contribution in [3.8, 4) is 0 Å². The van der Waals surface area contributed by atoms with Gasteiger partial charge in [0.2, 0.25) is 0 Å². The minimum absolute atomic E-state index is 0.164. The van der Waals surface area contributed by atoms with E-state index < -0.39 is 29.2 Å². The molecule has 0 radical (unpaired) electrons. The second-order valence-corrected chi connectivity index (χ2v) is 7.60. The molecule has 0 bridgehead atoms. The zero-order chi connectivity index (χ0) is 17.9. The molecule has 0 aromatic heterocycles. The molecule has 9 heteroatoms. The molecule has 124 valence electrons. The number of carboxylic acid groups (broad SMARTS) is 1. The predicted octanol–water partition coefficient (Wildman–Crippen LogP) is 4.40. The number of hydrogen-bond acceptors (Lipinski definition) is 3. The maximum absolute atomic E-state index is 12.6. The van der Waals surface area contributed by atoms with Crippen LogP contribution in [0.1, 0.15) is 41.5 Å². The molecule has 0 spiro atoms. The highest BCUT2D eigenvalue weighted by Gasteiger charge is 2.50. The number of benzene rings is 1. The minimum atomic E-state index is -1.40. The van der Waals surface area contributed by atoms with Crippen LogP contribution in [-0.2, 0) is 4.79 Å². The van der Waals surface area contributed by atoms with Crippen LogP contribution in [0.15, 0.2) is 0 Å². The number of amides is 2. The first-order valence-corrected chi connectivity index (χ1v) is 7.89. The molecule has 1 heterocycles. The lowest BCUT2D eigenvalue weighted by atomic mass is 9.85. The van der Waals surface area contributed by atoms with Gasteiger partial charge in [-0.2, -0.15) is 0 Å². The summed E-state index contributed by atoms with van der Waals surface area (Å²) in [7, 11) is 0. The first-order valence-electron chi connectivity index (χ1n) is 6.37. The normalized spacial score (nSPS) is 15.9. The molecule has 23 heavy (non-hydrogen) atoms. The topological polar surface area (TPSA) is 74.7 Å². The van der Waals surface area contributed by atoms with Crippen LogP contribution in [0.25, 0.3) is 0 Å². The highest BCUT2D eigenvalue weighted by atomic mass is 35.5. The molecule has 0 saturated carbocycles. The van der Waals surface area contributed by atoms with Crippen molar-refractivity contribution in [1.82, 2.24) is 4.90 Å². The number of imide groups is 1. The Balaban J connectivity index is 2.74. The number of rotatable bonds is 2. The fraction of sp³-hybridized carbons (Fsp3) is 0.357. The first-order chi connectivity index (χ1) is 10.4. The summed E-state index contributed by atoms with van der Waals surface area (Å²) in [5.41, 5.74) is -1.37. The maximum Gasteiger partial charge on any atom is 0.327 e. The fourth-order valence-corrected chi connectivity index (χ4v) is 3.48. The van der Waals surface area contributed by atoms with E-state index in [9.17, 15) is 19.5 Å². The Morgan fingerprint density at radius 1 is 0.913 bits per heavy atom. The van der Waals surface area contributed by atoms with Gasteiger partial charge in [0.25, 0.3) is 11.8 Å². The lowest BCUT2D eigenvalue weighted by molar-refractivity contribution is -0.145. The number of carbonyl (C=O) groups excluding carboxylic acids is 2. The fourth-order valence-electron chi connectivity index (χ4n) is 2.47. The van der Waals surface area contributed by atoms with Gasteiger partial charge in [-0.25, -0.2) is 4.79 Å². The van der Waals surface area contributed by atoms with Gasteiger partial charge in [-0.15, -0.1) is 0 Å². The zero-order valence-electron chi connectivity index (χ0n) is 12.2. The summed E-state index contributed by atoms with van der Waals surface area (Å²) < 4.78 is 0. The van der Waals surface area contributed by atoms with E-state index in [1.165, 1.54) is 0 Å². The van der Waals surface area contributed by atoms with Gasteiger partial charge in [0, 0.05) is 0 Å². The Hall–Kier alpha value is -1.01. The number of nitrogens with zero attached hydrogens (tertiary/aromatic N) is 1. The number of carbonyl (C=O) groups is 3. The van der Waals surface area contributed by atoms with E-state index >= 15 is 0 Å². The lowest BCUT2D eigenvalue weighted by Crippen LogP contribution is -2.52. The molecule has 1 aromatic rings. The second kappa shape index (κ2) is 5.81. The van der Waals surface area contributed by atoms with Crippen LogP contribution in [0.3, 0.4) is 0 Å². The van der Waals surface area contributed by atoms with Crippen LogP contribution in [0.4, 0.5) is 0 Å². The van der Waals surface area contributed by atoms with Gasteiger partial charge in [-0.05, 0) is 5.41 Å². The first kappa shape index (κ1) is 18.3. The molecule has 1 aromatic carbocycles. The van der Waals surface area contributed by atoms with Crippen molar-refractivity contribution >= 4 is 64.2 Å². The van der Waals surface area contributed by atoms with Crippen molar-refractivity contribution in [1.29, 1.82) is 0 Å². The van der Waals surface area contributed by atoms with E-state index in [2.05, 4.69) is 0 Å². The average molecular weight is 399 g/mol. The van der Waals surface area contributed by atoms with Crippen LogP contribution < -0.4 is 0 Å². The van der Waals surface area contributed by atoms with E-state index in [0.29, 0.717) is 4.90 Å². The number of aliphatic carboxylic acids is 1. The van der Waals surface area contributed by atoms with Gasteiger partial charge in [-0.3, -0.25) is 14.5 Å². The van der Waals surface area contributed by atoms with Gasteiger partial charge < -0.3 is 5.11 Å². The third-order valence-electron chi connectivity index (χ3n) is 3.44. The molecule has 0 fully saturated rings. The van der Waals surface area contributed by atoms with Crippen LogP contribution in [0.2, 0.25) is 20.1 Å². The number of carboxylic acids is 1. The van der Waals surface area contributed by atoms with E-state index in [4.69, 9.17) is 46.4 Å². The van der Waals surface area contributed by atoms with Crippen LogP contribution in [0.5, 0.6) is 0 Å². The molecule has 1 aliphatic rings. The van der Waals surface area contributed by atoms with Crippen LogP contribution in [-0.4, -0.2) is 33.8 Å². The molecule has 0 aliphatic carbocycles. The summed E-state index contributed by atoms with van der Waals surface area (Å²) >= 11 is 23.9. The summed E-state index contributed by atoms with van der Waals surface area (Å²) in [4.78, 5) is 37.5. The van der Waals surface area contributed by atoms with Crippen LogP contribution >= 0.6 is 46.4 Å². The summed E-state index contributed by atoms with van der Waals surface area (Å²) in [6.45, 7) is 4.79. The summed E-state index contributed by atoms with van der Waals surface area (Å²) in [5.74, 6) is -3.05. The molecule has 2 amide bonds. The third-order valence-corrected chi connectivity index (χ3v) is 5.25. The highest BCUT2D eigenvalue weighted by molar-refractivity contribution is 6.55. The van der Waals surface area contributed by atoms with Gasteiger partial charge in [-0.1, -0.05) is 67.2 Å².